The number of furan rings is 1. The predicted octanol–water partition coefficient (Wildman–Crippen LogP) is 2.73. The van der Waals surface area contributed by atoms with Gasteiger partial charge in [0.05, 0.1) is 31.4 Å². The van der Waals surface area contributed by atoms with Crippen molar-refractivity contribution >= 4 is 0 Å². The van der Waals surface area contributed by atoms with Crippen LogP contribution < -0.4 is 4.74 Å². The molecule has 0 amide bonds. The van der Waals surface area contributed by atoms with Gasteiger partial charge in [-0.3, -0.25) is 9.88 Å². The Kier molecular flexibility index (Phi) is 4.06. The van der Waals surface area contributed by atoms with E-state index < -0.39 is 0 Å². The molecule has 0 spiro atoms. The van der Waals surface area contributed by atoms with Crippen LogP contribution in [0.4, 0.5) is 0 Å². The van der Waals surface area contributed by atoms with Crippen LogP contribution in [0.5, 0.6) is 5.75 Å². The van der Waals surface area contributed by atoms with E-state index in [1.165, 1.54) is 5.56 Å². The lowest BCUT2D eigenvalue weighted by Crippen LogP contribution is -2.52. The lowest BCUT2D eigenvalue weighted by Gasteiger charge is -2.43. The summed E-state index contributed by atoms with van der Waals surface area (Å²) in [7, 11) is 0. The van der Waals surface area contributed by atoms with E-state index in [0.717, 1.165) is 44.8 Å². The van der Waals surface area contributed by atoms with Gasteiger partial charge in [-0.1, -0.05) is 0 Å². The zero-order valence-electron chi connectivity index (χ0n) is 13.2. The Morgan fingerprint density at radius 2 is 2.39 bits per heavy atom. The fourth-order valence-electron chi connectivity index (χ4n) is 3.78. The number of likely N-dealkylation sites (tertiary alicyclic amines) is 1. The van der Waals surface area contributed by atoms with Gasteiger partial charge in [0, 0.05) is 43.4 Å². The van der Waals surface area contributed by atoms with Gasteiger partial charge in [-0.2, -0.15) is 0 Å². The third kappa shape index (κ3) is 3.12. The molecule has 0 bridgehead atoms. The Balaban J connectivity index is 1.44. The Morgan fingerprint density at radius 3 is 3.22 bits per heavy atom. The minimum absolute atomic E-state index is 0.0812. The molecule has 0 saturated carbocycles. The van der Waals surface area contributed by atoms with Gasteiger partial charge < -0.3 is 13.9 Å². The predicted molar refractivity (Wildman–Crippen MR) is 85.1 cm³/mol. The Morgan fingerprint density at radius 1 is 1.39 bits per heavy atom. The van der Waals surface area contributed by atoms with Crippen LogP contribution in [0, 0.1) is 5.41 Å². The molecule has 5 nitrogen and oxygen atoms in total. The highest BCUT2D eigenvalue weighted by Gasteiger charge is 2.48. The van der Waals surface area contributed by atoms with Crippen molar-refractivity contribution in [3.63, 3.8) is 0 Å². The van der Waals surface area contributed by atoms with E-state index in [9.17, 15) is 0 Å². The van der Waals surface area contributed by atoms with Crippen LogP contribution in [-0.4, -0.2) is 42.3 Å². The maximum Gasteiger partial charge on any atom is 0.137 e. The second-order valence-electron chi connectivity index (χ2n) is 6.58. The van der Waals surface area contributed by atoms with Crippen molar-refractivity contribution in [3.05, 3.63) is 48.7 Å². The lowest BCUT2D eigenvalue weighted by atomic mass is 9.77. The summed E-state index contributed by atoms with van der Waals surface area (Å²) in [5.74, 6) is 0.833. The highest BCUT2D eigenvalue weighted by Crippen LogP contribution is 2.41. The summed E-state index contributed by atoms with van der Waals surface area (Å²) in [6.07, 6.45) is 9.53. The molecule has 2 aliphatic rings. The molecule has 4 heterocycles. The van der Waals surface area contributed by atoms with Gasteiger partial charge in [-0.25, -0.2) is 0 Å². The lowest BCUT2D eigenvalue weighted by molar-refractivity contribution is -0.0414. The molecule has 2 atom stereocenters. The molecule has 23 heavy (non-hydrogen) atoms. The standard InChI is InChI=1S/C18H22N2O3/c1-2-16(10-19-6-1)23-14-18-5-9-22-17(18)3-7-20(13-18)11-15-4-8-21-12-15/h1-2,4,6,8,10,12,17H,3,5,7,9,11,13-14H2/t17-,18+/m1/s1. The van der Waals surface area contributed by atoms with Gasteiger partial charge in [0.2, 0.25) is 0 Å². The van der Waals surface area contributed by atoms with Gasteiger partial charge >= 0.3 is 0 Å². The van der Waals surface area contributed by atoms with Crippen molar-refractivity contribution in [2.75, 3.05) is 26.3 Å². The maximum absolute atomic E-state index is 6.05. The average molecular weight is 314 g/mol. The molecule has 0 aliphatic carbocycles. The summed E-state index contributed by atoms with van der Waals surface area (Å²) in [5, 5.41) is 0. The van der Waals surface area contributed by atoms with E-state index in [-0.39, 0.29) is 5.41 Å². The zero-order valence-corrected chi connectivity index (χ0v) is 13.2. The number of nitrogens with zero attached hydrogens (tertiary/aromatic N) is 2. The van der Waals surface area contributed by atoms with Crippen LogP contribution in [0.3, 0.4) is 0 Å². The summed E-state index contributed by atoms with van der Waals surface area (Å²) in [5.41, 5.74) is 1.31. The van der Waals surface area contributed by atoms with Crippen LogP contribution in [0.15, 0.2) is 47.5 Å². The second-order valence-corrected chi connectivity index (χ2v) is 6.58. The van der Waals surface area contributed by atoms with E-state index in [1.807, 2.05) is 24.5 Å². The third-order valence-electron chi connectivity index (χ3n) is 4.99. The molecule has 2 aromatic heterocycles. The SMILES string of the molecule is c1cncc(OC[C@@]23CCO[C@@H]2CCN(Cc2ccoc2)C3)c1. The van der Waals surface area contributed by atoms with Crippen molar-refractivity contribution < 1.29 is 13.9 Å². The molecular weight excluding hydrogens is 292 g/mol. The molecule has 0 radical (unpaired) electrons. The largest absolute Gasteiger partial charge is 0.491 e. The zero-order chi connectivity index (χ0) is 15.5. The minimum Gasteiger partial charge on any atom is -0.491 e. The summed E-state index contributed by atoms with van der Waals surface area (Å²) in [6, 6.07) is 5.90. The molecule has 5 heteroatoms. The van der Waals surface area contributed by atoms with E-state index in [2.05, 4.69) is 9.88 Å². The van der Waals surface area contributed by atoms with Crippen molar-refractivity contribution in [3.8, 4) is 5.75 Å². The third-order valence-corrected chi connectivity index (χ3v) is 4.99. The molecule has 122 valence electrons. The molecule has 2 aromatic rings. The Labute approximate surface area is 136 Å². The van der Waals surface area contributed by atoms with Crippen LogP contribution in [0.2, 0.25) is 0 Å². The first-order chi connectivity index (χ1) is 11.3. The molecule has 0 N–H and O–H groups in total. The van der Waals surface area contributed by atoms with Crippen LogP contribution in [0.1, 0.15) is 18.4 Å². The highest BCUT2D eigenvalue weighted by atomic mass is 16.5. The van der Waals surface area contributed by atoms with E-state index in [0.29, 0.717) is 12.7 Å². The molecule has 0 unspecified atom stereocenters. The van der Waals surface area contributed by atoms with Crippen molar-refractivity contribution in [2.24, 2.45) is 5.41 Å². The van der Waals surface area contributed by atoms with Gasteiger partial charge in [0.25, 0.3) is 0 Å². The number of piperidine rings is 1. The first-order valence-corrected chi connectivity index (χ1v) is 8.22. The highest BCUT2D eigenvalue weighted by molar-refractivity contribution is 5.16. The van der Waals surface area contributed by atoms with Crippen LogP contribution in [-0.2, 0) is 11.3 Å². The first-order valence-electron chi connectivity index (χ1n) is 8.22. The molecule has 2 aliphatic heterocycles. The Hall–Kier alpha value is -1.85. The summed E-state index contributed by atoms with van der Waals surface area (Å²) in [4.78, 5) is 6.61. The molecule has 2 saturated heterocycles. The van der Waals surface area contributed by atoms with Crippen molar-refractivity contribution in [1.29, 1.82) is 0 Å². The molecular formula is C18H22N2O3. The van der Waals surface area contributed by atoms with E-state index >= 15 is 0 Å². The number of rotatable bonds is 5. The monoisotopic (exact) mass is 314 g/mol. The van der Waals surface area contributed by atoms with E-state index in [1.54, 1.807) is 18.7 Å². The van der Waals surface area contributed by atoms with Crippen molar-refractivity contribution in [2.45, 2.75) is 25.5 Å². The van der Waals surface area contributed by atoms with Gasteiger partial charge in [-0.15, -0.1) is 0 Å². The van der Waals surface area contributed by atoms with Crippen LogP contribution in [0.25, 0.3) is 0 Å². The molecule has 2 fully saturated rings. The first kappa shape index (κ1) is 14.7. The van der Waals surface area contributed by atoms with Crippen LogP contribution >= 0.6 is 0 Å². The number of hydrogen-bond donors (Lipinski definition) is 0. The minimum atomic E-state index is 0.0812. The summed E-state index contributed by atoms with van der Waals surface area (Å²) in [6.45, 7) is 4.51. The number of ether oxygens (including phenoxy) is 2. The smallest absolute Gasteiger partial charge is 0.137 e. The fourth-order valence-corrected chi connectivity index (χ4v) is 3.78. The van der Waals surface area contributed by atoms with Crippen molar-refractivity contribution in [1.82, 2.24) is 9.88 Å². The van der Waals surface area contributed by atoms with Gasteiger partial charge in [-0.05, 0) is 31.0 Å². The second kappa shape index (κ2) is 6.34. The summed E-state index contributed by atoms with van der Waals surface area (Å²) >= 11 is 0. The topological polar surface area (TPSA) is 47.7 Å². The normalized spacial score (nSPS) is 27.7. The quantitative estimate of drug-likeness (QED) is 0.849. The maximum atomic E-state index is 6.05. The average Bonchev–Trinajstić information content (AvgIpc) is 3.23. The number of aromatic nitrogens is 1. The molecule has 0 aromatic carbocycles. The fraction of sp³-hybridized carbons (Fsp3) is 0.500. The number of hydrogen-bond acceptors (Lipinski definition) is 5. The van der Waals surface area contributed by atoms with E-state index in [4.69, 9.17) is 13.9 Å². The number of pyridine rings is 1. The Bertz CT molecular complexity index is 616. The van der Waals surface area contributed by atoms with Gasteiger partial charge in [0.1, 0.15) is 5.75 Å². The van der Waals surface area contributed by atoms with Gasteiger partial charge in [0.15, 0.2) is 0 Å². The summed E-state index contributed by atoms with van der Waals surface area (Å²) < 4.78 is 17.2. The number of fused-ring (bicyclic) bond motifs is 1. The molecule has 4 rings (SSSR count).